The van der Waals surface area contributed by atoms with Crippen molar-refractivity contribution in [3.63, 3.8) is 0 Å². The lowest BCUT2D eigenvalue weighted by Crippen LogP contribution is -2.37. The Balaban J connectivity index is 2.17. The zero-order valence-corrected chi connectivity index (χ0v) is 9.87. The largest absolute Gasteiger partial charge is 0.476 e. The van der Waals surface area contributed by atoms with Crippen molar-refractivity contribution in [1.29, 1.82) is 0 Å². The van der Waals surface area contributed by atoms with Gasteiger partial charge in [0.15, 0.2) is 5.69 Å². The molecule has 0 bridgehead atoms. The van der Waals surface area contributed by atoms with Gasteiger partial charge in [0.25, 0.3) is 5.91 Å². The molecule has 102 valence electrons. The standard InChI is InChI=1S/C9H12N6O4/c10-3-5-7(8(17)18)12-13-15(5)4-6(16)14-2-1-11-9(14)19/h1-4,10H2,(H,11,19)(H,17,18). The number of aromatic nitrogens is 3. The van der Waals surface area contributed by atoms with E-state index in [1.165, 1.54) is 0 Å². The van der Waals surface area contributed by atoms with E-state index in [1.807, 2.05) is 0 Å². The van der Waals surface area contributed by atoms with E-state index in [2.05, 4.69) is 15.6 Å². The Hall–Kier alpha value is -2.49. The molecule has 1 fully saturated rings. The average molecular weight is 268 g/mol. The minimum absolute atomic E-state index is 0.117. The van der Waals surface area contributed by atoms with Crippen LogP contribution in [0.1, 0.15) is 16.2 Å². The van der Waals surface area contributed by atoms with E-state index in [0.29, 0.717) is 6.54 Å². The van der Waals surface area contributed by atoms with E-state index >= 15 is 0 Å². The summed E-state index contributed by atoms with van der Waals surface area (Å²) < 4.78 is 1.09. The molecular formula is C9H12N6O4. The number of nitrogens with one attached hydrogen (secondary N) is 1. The number of carbonyl (C=O) groups excluding carboxylic acids is 2. The molecule has 2 rings (SSSR count). The van der Waals surface area contributed by atoms with Crippen LogP contribution in [0, 0.1) is 0 Å². The zero-order chi connectivity index (χ0) is 14.0. The average Bonchev–Trinajstić information content (AvgIpc) is 2.94. The molecule has 3 amide bonds. The van der Waals surface area contributed by atoms with Gasteiger partial charge >= 0.3 is 12.0 Å². The molecule has 4 N–H and O–H groups in total. The molecule has 19 heavy (non-hydrogen) atoms. The molecule has 0 atom stereocenters. The van der Waals surface area contributed by atoms with Crippen LogP contribution in [-0.4, -0.2) is 56.0 Å². The third kappa shape index (κ3) is 2.38. The third-order valence-electron chi connectivity index (χ3n) is 2.68. The predicted octanol–water partition coefficient (Wildman–Crippen LogP) is -2.01. The van der Waals surface area contributed by atoms with Crippen LogP contribution < -0.4 is 11.1 Å². The summed E-state index contributed by atoms with van der Waals surface area (Å²) in [6.07, 6.45) is 0. The van der Waals surface area contributed by atoms with Crippen molar-refractivity contribution in [3.05, 3.63) is 11.4 Å². The molecule has 1 aromatic rings. The second-order valence-electron chi connectivity index (χ2n) is 3.83. The summed E-state index contributed by atoms with van der Waals surface area (Å²) in [6, 6.07) is -0.474. The molecule has 10 heteroatoms. The Labute approximate surface area is 107 Å². The third-order valence-corrected chi connectivity index (χ3v) is 2.68. The number of rotatable bonds is 4. The van der Waals surface area contributed by atoms with Gasteiger partial charge in [-0.1, -0.05) is 5.21 Å². The van der Waals surface area contributed by atoms with Crippen molar-refractivity contribution in [2.24, 2.45) is 5.73 Å². The molecule has 0 aromatic carbocycles. The summed E-state index contributed by atoms with van der Waals surface area (Å²) in [5, 5.41) is 18.4. The van der Waals surface area contributed by atoms with Crippen LogP contribution in [0.3, 0.4) is 0 Å². The predicted molar refractivity (Wildman–Crippen MR) is 60.0 cm³/mol. The van der Waals surface area contributed by atoms with Crippen molar-refractivity contribution < 1.29 is 19.5 Å². The Morgan fingerprint density at radius 2 is 2.21 bits per heavy atom. The summed E-state index contributed by atoms with van der Waals surface area (Å²) in [5.74, 6) is -1.76. The maximum Gasteiger partial charge on any atom is 0.358 e. The highest BCUT2D eigenvalue weighted by Crippen LogP contribution is 2.06. The van der Waals surface area contributed by atoms with Crippen LogP contribution in [0.2, 0.25) is 0 Å². The summed E-state index contributed by atoms with van der Waals surface area (Å²) in [5.41, 5.74) is 5.27. The van der Waals surface area contributed by atoms with E-state index in [1.54, 1.807) is 0 Å². The van der Waals surface area contributed by atoms with Crippen LogP contribution in [0.4, 0.5) is 4.79 Å². The van der Waals surface area contributed by atoms with Gasteiger partial charge < -0.3 is 16.2 Å². The number of amides is 3. The van der Waals surface area contributed by atoms with Gasteiger partial charge in [-0.2, -0.15) is 0 Å². The van der Waals surface area contributed by atoms with Gasteiger partial charge in [0.1, 0.15) is 6.54 Å². The number of aromatic carboxylic acids is 1. The summed E-state index contributed by atoms with van der Waals surface area (Å²) in [7, 11) is 0. The SMILES string of the molecule is NCc1c(C(=O)O)nnn1CC(=O)N1CCNC1=O. The Bertz CT molecular complexity index is 539. The quantitative estimate of drug-likeness (QED) is 0.572. The van der Waals surface area contributed by atoms with Crippen molar-refractivity contribution in [3.8, 4) is 0 Å². The van der Waals surface area contributed by atoms with E-state index < -0.39 is 17.9 Å². The van der Waals surface area contributed by atoms with E-state index in [0.717, 1.165) is 9.58 Å². The van der Waals surface area contributed by atoms with Crippen LogP contribution in [0.15, 0.2) is 0 Å². The molecule has 0 spiro atoms. The zero-order valence-electron chi connectivity index (χ0n) is 9.87. The van der Waals surface area contributed by atoms with Crippen molar-refractivity contribution >= 4 is 17.9 Å². The first-order valence-corrected chi connectivity index (χ1v) is 5.48. The number of nitrogens with two attached hydrogens (primary N) is 1. The molecule has 10 nitrogen and oxygen atoms in total. The minimum Gasteiger partial charge on any atom is -0.476 e. The van der Waals surface area contributed by atoms with Crippen LogP contribution in [-0.2, 0) is 17.9 Å². The first kappa shape index (κ1) is 13.0. The number of carbonyl (C=O) groups is 3. The Kier molecular flexibility index (Phi) is 3.42. The highest BCUT2D eigenvalue weighted by atomic mass is 16.4. The fourth-order valence-electron chi connectivity index (χ4n) is 1.75. The molecule has 0 saturated carbocycles. The van der Waals surface area contributed by atoms with Gasteiger partial charge in [-0.05, 0) is 0 Å². The van der Waals surface area contributed by atoms with Gasteiger partial charge in [-0.15, -0.1) is 5.10 Å². The number of imide groups is 1. The summed E-state index contributed by atoms with van der Waals surface area (Å²) in [4.78, 5) is 35.1. The lowest BCUT2D eigenvalue weighted by molar-refractivity contribution is -0.128. The number of hydrogen-bond donors (Lipinski definition) is 3. The lowest BCUT2D eigenvalue weighted by atomic mass is 10.3. The smallest absolute Gasteiger partial charge is 0.358 e. The van der Waals surface area contributed by atoms with Gasteiger partial charge in [0, 0.05) is 19.6 Å². The maximum atomic E-state index is 11.9. The highest BCUT2D eigenvalue weighted by molar-refractivity contribution is 5.95. The van der Waals surface area contributed by atoms with Gasteiger partial charge in [0.2, 0.25) is 0 Å². The first-order chi connectivity index (χ1) is 9.04. The van der Waals surface area contributed by atoms with Crippen molar-refractivity contribution in [2.75, 3.05) is 13.1 Å². The van der Waals surface area contributed by atoms with Crippen molar-refractivity contribution in [1.82, 2.24) is 25.2 Å². The molecule has 1 aromatic heterocycles. The number of urea groups is 1. The number of hydrogen-bond acceptors (Lipinski definition) is 6. The first-order valence-electron chi connectivity index (χ1n) is 5.48. The maximum absolute atomic E-state index is 11.9. The molecule has 0 radical (unpaired) electrons. The monoisotopic (exact) mass is 268 g/mol. The molecule has 2 heterocycles. The highest BCUT2D eigenvalue weighted by Gasteiger charge is 2.27. The van der Waals surface area contributed by atoms with Crippen LogP contribution >= 0.6 is 0 Å². The summed E-state index contributed by atoms with van der Waals surface area (Å²) >= 11 is 0. The molecule has 0 unspecified atom stereocenters. The van der Waals surface area contributed by atoms with Crippen molar-refractivity contribution in [2.45, 2.75) is 13.1 Å². The lowest BCUT2D eigenvalue weighted by Gasteiger charge is -2.12. The fraction of sp³-hybridized carbons (Fsp3) is 0.444. The molecule has 1 saturated heterocycles. The molecule has 0 aliphatic carbocycles. The molecule has 1 aliphatic rings. The van der Waals surface area contributed by atoms with E-state index in [4.69, 9.17) is 10.8 Å². The van der Waals surface area contributed by atoms with E-state index in [-0.39, 0.29) is 31.0 Å². The Morgan fingerprint density at radius 1 is 1.47 bits per heavy atom. The second-order valence-corrected chi connectivity index (χ2v) is 3.83. The molecular weight excluding hydrogens is 256 g/mol. The van der Waals surface area contributed by atoms with Gasteiger partial charge in [-0.25, -0.2) is 14.3 Å². The van der Waals surface area contributed by atoms with Gasteiger partial charge in [0.05, 0.1) is 5.69 Å². The van der Waals surface area contributed by atoms with Crippen LogP contribution in [0.5, 0.6) is 0 Å². The Morgan fingerprint density at radius 3 is 2.74 bits per heavy atom. The summed E-state index contributed by atoms with van der Waals surface area (Å²) in [6.45, 7) is 0.274. The fourth-order valence-corrected chi connectivity index (χ4v) is 1.75. The minimum atomic E-state index is -1.27. The number of nitrogens with zero attached hydrogens (tertiary/aromatic N) is 4. The van der Waals surface area contributed by atoms with Gasteiger partial charge in [-0.3, -0.25) is 9.69 Å². The number of carboxylic acids is 1. The topological polar surface area (TPSA) is 143 Å². The molecule has 1 aliphatic heterocycles. The normalized spacial score (nSPS) is 14.6. The van der Waals surface area contributed by atoms with Crippen LogP contribution in [0.25, 0.3) is 0 Å². The van der Waals surface area contributed by atoms with E-state index in [9.17, 15) is 14.4 Å². The second kappa shape index (κ2) is 5.02. The number of carboxylic acid groups (broad SMARTS) is 1.